The molecule has 8 heteroatoms. The van der Waals surface area contributed by atoms with Crippen LogP contribution in [0, 0.1) is 0 Å². The molecule has 1 atom stereocenters. The topological polar surface area (TPSA) is 93.7 Å². The molecule has 1 fully saturated rings. The number of anilines is 1. The van der Waals surface area contributed by atoms with E-state index >= 15 is 0 Å². The molecule has 8 nitrogen and oxygen atoms in total. The van der Waals surface area contributed by atoms with Gasteiger partial charge in [-0.1, -0.05) is 6.07 Å². The summed E-state index contributed by atoms with van der Waals surface area (Å²) in [6.45, 7) is 6.22. The highest BCUT2D eigenvalue weighted by Gasteiger charge is 2.36. The minimum Gasteiger partial charge on any atom is -0.424 e. The highest BCUT2D eigenvalue weighted by Crippen LogP contribution is 2.38. The number of aromatic nitrogens is 2. The first-order chi connectivity index (χ1) is 12.3. The number of nitrogens with zero attached hydrogens (tertiary/aromatic N) is 3. The third-order valence-electron chi connectivity index (χ3n) is 4.53. The molecule has 2 aliphatic rings. The van der Waals surface area contributed by atoms with Crippen molar-refractivity contribution >= 4 is 17.6 Å². The van der Waals surface area contributed by atoms with Crippen LogP contribution in [0.1, 0.15) is 31.9 Å². The summed E-state index contributed by atoms with van der Waals surface area (Å²) >= 11 is 0. The van der Waals surface area contributed by atoms with Crippen LogP contribution in [0.3, 0.4) is 0 Å². The fourth-order valence-corrected chi connectivity index (χ4v) is 3.07. The lowest BCUT2D eigenvalue weighted by Gasteiger charge is -2.18. The first kappa shape index (κ1) is 16.5. The first-order valence-electron chi connectivity index (χ1n) is 8.27. The number of benzene rings is 1. The Kier molecular flexibility index (Phi) is 3.66. The van der Waals surface area contributed by atoms with Crippen LogP contribution in [0.2, 0.25) is 0 Å². The van der Waals surface area contributed by atoms with Crippen molar-refractivity contribution in [2.75, 3.05) is 4.90 Å². The summed E-state index contributed by atoms with van der Waals surface area (Å²) in [4.78, 5) is 33.1. The minimum absolute atomic E-state index is 0.130. The summed E-state index contributed by atoms with van der Waals surface area (Å²) in [6.07, 6.45) is 2.77. The maximum atomic E-state index is 12.0. The van der Waals surface area contributed by atoms with Gasteiger partial charge in [0.05, 0.1) is 30.3 Å². The number of fused-ring (bicyclic) bond motifs is 1. The molecule has 2 aliphatic heterocycles. The molecule has 0 radical (unpaired) electrons. The fraction of sp³-hybridized carbons (Fsp3) is 0.333. The molecule has 3 amide bonds. The van der Waals surface area contributed by atoms with Crippen molar-refractivity contribution in [3.8, 4) is 11.8 Å². The Labute approximate surface area is 150 Å². The van der Waals surface area contributed by atoms with Crippen molar-refractivity contribution in [3.63, 3.8) is 0 Å². The second kappa shape index (κ2) is 5.77. The average Bonchev–Trinajstić information content (AvgIpc) is 3.04. The second-order valence-corrected chi connectivity index (χ2v) is 6.79. The van der Waals surface area contributed by atoms with Crippen LogP contribution in [-0.2, 0) is 21.7 Å². The lowest BCUT2D eigenvalue weighted by atomic mass is 9.96. The summed E-state index contributed by atoms with van der Waals surface area (Å²) in [5, 5.41) is 2.54. The minimum atomic E-state index is -0.560. The lowest BCUT2D eigenvalue weighted by molar-refractivity contribution is -0.117. The van der Waals surface area contributed by atoms with Gasteiger partial charge >= 0.3 is 12.0 Å². The molecule has 2 aromatic rings. The number of urea groups is 1. The predicted octanol–water partition coefficient (Wildman–Crippen LogP) is 2.48. The Hall–Kier alpha value is -3.00. The Bertz CT molecular complexity index is 895. The molecule has 1 saturated heterocycles. The normalized spacial score (nSPS) is 20.9. The van der Waals surface area contributed by atoms with E-state index in [4.69, 9.17) is 9.47 Å². The molecule has 26 heavy (non-hydrogen) atoms. The standard InChI is InChI=1S/C18H18N4O4/c1-10-15(23)22(17(24)21-10)12-7-19-16(20-8-12)26-13-5-4-11-9-25-18(2,3)14(11)6-13/h4-8,10H,9H2,1-3H3,(H,21,24)/t10-/m0/s1. The van der Waals surface area contributed by atoms with Crippen molar-refractivity contribution in [2.24, 2.45) is 0 Å². The predicted molar refractivity (Wildman–Crippen MR) is 91.8 cm³/mol. The van der Waals surface area contributed by atoms with Gasteiger partial charge in [0.15, 0.2) is 0 Å². The van der Waals surface area contributed by atoms with E-state index in [1.165, 1.54) is 12.4 Å². The smallest absolute Gasteiger partial charge is 0.329 e. The van der Waals surface area contributed by atoms with E-state index in [-0.39, 0.29) is 17.5 Å². The summed E-state index contributed by atoms with van der Waals surface area (Å²) in [5.41, 5.74) is 2.14. The number of amides is 3. The van der Waals surface area contributed by atoms with E-state index in [0.29, 0.717) is 18.0 Å². The first-order valence-corrected chi connectivity index (χ1v) is 8.27. The van der Waals surface area contributed by atoms with Crippen molar-refractivity contribution in [2.45, 2.75) is 39.0 Å². The van der Waals surface area contributed by atoms with Crippen LogP contribution in [0.15, 0.2) is 30.6 Å². The number of nitrogens with one attached hydrogen (secondary N) is 1. The number of ether oxygens (including phenoxy) is 2. The molecule has 0 saturated carbocycles. The zero-order chi connectivity index (χ0) is 18.5. The van der Waals surface area contributed by atoms with E-state index in [1.807, 2.05) is 32.0 Å². The van der Waals surface area contributed by atoms with Crippen LogP contribution in [0.5, 0.6) is 11.8 Å². The van der Waals surface area contributed by atoms with Crippen LogP contribution in [0.25, 0.3) is 0 Å². The molecule has 4 rings (SSSR count). The molecule has 1 N–H and O–H groups in total. The Balaban J connectivity index is 1.54. The molecule has 0 unspecified atom stereocenters. The molecular weight excluding hydrogens is 336 g/mol. The van der Waals surface area contributed by atoms with Gasteiger partial charge in [-0.25, -0.2) is 19.7 Å². The molecule has 0 spiro atoms. The van der Waals surface area contributed by atoms with Gasteiger partial charge in [0, 0.05) is 0 Å². The molecule has 0 aliphatic carbocycles. The zero-order valence-electron chi connectivity index (χ0n) is 14.6. The maximum Gasteiger partial charge on any atom is 0.329 e. The van der Waals surface area contributed by atoms with Crippen LogP contribution in [-0.4, -0.2) is 27.9 Å². The largest absolute Gasteiger partial charge is 0.424 e. The van der Waals surface area contributed by atoms with Crippen LogP contribution < -0.4 is 15.0 Å². The van der Waals surface area contributed by atoms with E-state index < -0.39 is 12.1 Å². The summed E-state index contributed by atoms with van der Waals surface area (Å²) in [5.74, 6) is 0.256. The van der Waals surface area contributed by atoms with Crippen molar-refractivity contribution in [3.05, 3.63) is 41.7 Å². The van der Waals surface area contributed by atoms with Gasteiger partial charge in [0.2, 0.25) is 0 Å². The van der Waals surface area contributed by atoms with E-state index in [1.54, 1.807) is 6.92 Å². The van der Waals surface area contributed by atoms with Gasteiger partial charge < -0.3 is 14.8 Å². The monoisotopic (exact) mass is 354 g/mol. The SMILES string of the molecule is C[C@@H]1NC(=O)N(c2cnc(Oc3ccc4c(c3)C(C)(C)OC4)nc2)C1=O. The number of imide groups is 1. The Morgan fingerprint density at radius 3 is 2.65 bits per heavy atom. The van der Waals surface area contributed by atoms with Crippen molar-refractivity contribution < 1.29 is 19.1 Å². The second-order valence-electron chi connectivity index (χ2n) is 6.79. The zero-order valence-corrected chi connectivity index (χ0v) is 14.6. The van der Waals surface area contributed by atoms with Crippen LogP contribution in [0.4, 0.5) is 10.5 Å². The number of carbonyl (C=O) groups excluding carboxylic acids is 2. The van der Waals surface area contributed by atoms with Gasteiger partial charge in [-0.15, -0.1) is 0 Å². The number of hydrogen-bond donors (Lipinski definition) is 1. The molecule has 3 heterocycles. The maximum absolute atomic E-state index is 12.0. The molecule has 134 valence electrons. The Morgan fingerprint density at radius 1 is 1.27 bits per heavy atom. The van der Waals surface area contributed by atoms with Gasteiger partial charge in [0.25, 0.3) is 5.91 Å². The highest BCUT2D eigenvalue weighted by atomic mass is 16.5. The number of carbonyl (C=O) groups is 2. The molecule has 1 aromatic heterocycles. The molecular formula is C18H18N4O4. The molecule has 1 aromatic carbocycles. The summed E-state index contributed by atoms with van der Waals surface area (Å²) < 4.78 is 11.5. The average molecular weight is 354 g/mol. The van der Waals surface area contributed by atoms with Gasteiger partial charge in [0.1, 0.15) is 11.8 Å². The summed E-state index contributed by atoms with van der Waals surface area (Å²) in [7, 11) is 0. The van der Waals surface area contributed by atoms with Gasteiger partial charge in [-0.05, 0) is 44.0 Å². The number of hydrogen-bond acceptors (Lipinski definition) is 6. The third-order valence-corrected chi connectivity index (χ3v) is 4.53. The van der Waals surface area contributed by atoms with Gasteiger partial charge in [-0.2, -0.15) is 0 Å². The van der Waals surface area contributed by atoms with E-state index in [9.17, 15) is 9.59 Å². The number of rotatable bonds is 3. The highest BCUT2D eigenvalue weighted by molar-refractivity contribution is 6.21. The summed E-state index contributed by atoms with van der Waals surface area (Å²) in [6, 6.07) is 4.79. The van der Waals surface area contributed by atoms with Gasteiger partial charge in [-0.3, -0.25) is 4.79 Å². The quantitative estimate of drug-likeness (QED) is 0.851. The van der Waals surface area contributed by atoms with E-state index in [0.717, 1.165) is 16.0 Å². The van der Waals surface area contributed by atoms with Crippen molar-refractivity contribution in [1.29, 1.82) is 0 Å². The van der Waals surface area contributed by atoms with E-state index in [2.05, 4.69) is 15.3 Å². The Morgan fingerprint density at radius 2 is 2.00 bits per heavy atom. The third kappa shape index (κ3) is 2.68. The fourth-order valence-electron chi connectivity index (χ4n) is 3.07. The van der Waals surface area contributed by atoms with Crippen molar-refractivity contribution in [1.82, 2.24) is 15.3 Å². The lowest BCUT2D eigenvalue weighted by Crippen LogP contribution is -2.31. The molecule has 0 bridgehead atoms. The van der Waals surface area contributed by atoms with Crippen LogP contribution >= 0.6 is 0 Å².